The molecule has 2 aromatic rings. The predicted octanol–water partition coefficient (Wildman–Crippen LogP) is 3.50. The van der Waals surface area contributed by atoms with Crippen LogP contribution in [0.5, 0.6) is 0 Å². The maximum atomic E-state index is 12.3. The van der Waals surface area contributed by atoms with Crippen molar-refractivity contribution in [1.82, 2.24) is 4.90 Å². The molecule has 0 aliphatic carbocycles. The van der Waals surface area contributed by atoms with Gasteiger partial charge in [-0.1, -0.05) is 30.3 Å². The zero-order valence-corrected chi connectivity index (χ0v) is 16.7. The third kappa shape index (κ3) is 5.68. The second-order valence-electron chi connectivity index (χ2n) is 7.05. The number of hydrogen-bond donors (Lipinski definition) is 1. The van der Waals surface area contributed by atoms with E-state index in [-0.39, 0.29) is 5.91 Å². The van der Waals surface area contributed by atoms with Gasteiger partial charge in [0.25, 0.3) is 0 Å². The van der Waals surface area contributed by atoms with Gasteiger partial charge in [-0.3, -0.25) is 9.69 Å². The molecule has 1 amide bonds. The molecule has 0 saturated carbocycles. The third-order valence-corrected chi connectivity index (χ3v) is 5.06. The number of carbonyl (C=O) groups is 1. The van der Waals surface area contributed by atoms with Gasteiger partial charge < -0.3 is 15.0 Å². The number of anilines is 2. The topological polar surface area (TPSA) is 44.8 Å². The van der Waals surface area contributed by atoms with Gasteiger partial charge in [-0.25, -0.2) is 0 Å². The Morgan fingerprint density at radius 3 is 2.36 bits per heavy atom. The largest absolute Gasteiger partial charge is 0.383 e. The van der Waals surface area contributed by atoms with Gasteiger partial charge in [-0.2, -0.15) is 0 Å². The van der Waals surface area contributed by atoms with Crippen molar-refractivity contribution in [2.45, 2.75) is 6.92 Å². The molecule has 0 unspecified atom stereocenters. The summed E-state index contributed by atoms with van der Waals surface area (Å²) in [5.41, 5.74) is 4.00. The monoisotopic (exact) mass is 379 g/mol. The molecule has 28 heavy (non-hydrogen) atoms. The second-order valence-corrected chi connectivity index (χ2v) is 7.05. The molecule has 5 nitrogen and oxygen atoms in total. The number of piperazine rings is 1. The molecule has 0 radical (unpaired) electrons. The number of carbonyl (C=O) groups excluding carboxylic acids is 1. The van der Waals surface area contributed by atoms with Gasteiger partial charge in [0.15, 0.2) is 0 Å². The Bertz CT molecular complexity index is 779. The SMILES string of the molecule is COCCN1CCN(c2ccc(NC(=O)/C=C(\C)c3ccccc3)cc2)CC1. The van der Waals surface area contributed by atoms with Crippen LogP contribution in [0, 0.1) is 0 Å². The Labute approximate surface area is 167 Å². The zero-order chi connectivity index (χ0) is 19.8. The summed E-state index contributed by atoms with van der Waals surface area (Å²) in [6.45, 7) is 7.84. The third-order valence-electron chi connectivity index (χ3n) is 5.06. The number of methoxy groups -OCH3 is 1. The lowest BCUT2D eigenvalue weighted by Crippen LogP contribution is -2.47. The molecule has 3 rings (SSSR count). The van der Waals surface area contributed by atoms with Crippen molar-refractivity contribution in [2.24, 2.45) is 0 Å². The van der Waals surface area contributed by atoms with Crippen LogP contribution < -0.4 is 10.2 Å². The van der Waals surface area contributed by atoms with E-state index in [1.165, 1.54) is 5.69 Å². The van der Waals surface area contributed by atoms with Gasteiger partial charge in [0, 0.05) is 57.3 Å². The minimum absolute atomic E-state index is 0.110. The second kappa shape index (κ2) is 10.1. The summed E-state index contributed by atoms with van der Waals surface area (Å²) in [7, 11) is 1.75. The number of amides is 1. The summed E-state index contributed by atoms with van der Waals surface area (Å²) < 4.78 is 5.16. The first-order chi connectivity index (χ1) is 13.7. The highest BCUT2D eigenvalue weighted by Crippen LogP contribution is 2.20. The van der Waals surface area contributed by atoms with Crippen molar-refractivity contribution in [1.29, 1.82) is 0 Å². The van der Waals surface area contributed by atoms with Crippen LogP contribution in [0.2, 0.25) is 0 Å². The van der Waals surface area contributed by atoms with Crippen molar-refractivity contribution < 1.29 is 9.53 Å². The van der Waals surface area contributed by atoms with E-state index in [9.17, 15) is 4.79 Å². The number of ether oxygens (including phenoxy) is 1. The fourth-order valence-electron chi connectivity index (χ4n) is 3.37. The highest BCUT2D eigenvalue weighted by Gasteiger charge is 2.16. The van der Waals surface area contributed by atoms with E-state index in [4.69, 9.17) is 4.74 Å². The van der Waals surface area contributed by atoms with Crippen LogP contribution in [0.4, 0.5) is 11.4 Å². The number of nitrogens with one attached hydrogen (secondary N) is 1. The smallest absolute Gasteiger partial charge is 0.248 e. The average molecular weight is 380 g/mol. The van der Waals surface area contributed by atoms with E-state index in [1.54, 1.807) is 13.2 Å². The Balaban J connectivity index is 1.53. The lowest BCUT2D eigenvalue weighted by Gasteiger charge is -2.36. The van der Waals surface area contributed by atoms with Gasteiger partial charge in [0.1, 0.15) is 0 Å². The molecule has 5 heteroatoms. The lowest BCUT2D eigenvalue weighted by molar-refractivity contribution is -0.111. The van der Waals surface area contributed by atoms with Crippen LogP contribution >= 0.6 is 0 Å². The van der Waals surface area contributed by atoms with Crippen LogP contribution in [-0.4, -0.2) is 57.2 Å². The summed E-state index contributed by atoms with van der Waals surface area (Å²) in [6, 6.07) is 18.0. The molecule has 1 aliphatic rings. The summed E-state index contributed by atoms with van der Waals surface area (Å²) in [5, 5.41) is 2.95. The van der Waals surface area contributed by atoms with Gasteiger partial charge >= 0.3 is 0 Å². The van der Waals surface area contributed by atoms with Crippen molar-refractivity contribution in [3.8, 4) is 0 Å². The molecule has 1 heterocycles. The molecule has 0 bridgehead atoms. The molecule has 0 aromatic heterocycles. The summed E-state index contributed by atoms with van der Waals surface area (Å²) >= 11 is 0. The molecule has 1 saturated heterocycles. The van der Waals surface area contributed by atoms with E-state index in [0.717, 1.165) is 56.2 Å². The highest BCUT2D eigenvalue weighted by molar-refractivity contribution is 6.03. The Hall–Kier alpha value is -2.63. The number of rotatable bonds is 7. The maximum Gasteiger partial charge on any atom is 0.248 e. The molecular weight excluding hydrogens is 350 g/mol. The molecule has 1 fully saturated rings. The number of benzene rings is 2. The van der Waals surface area contributed by atoms with Gasteiger partial charge in [-0.15, -0.1) is 0 Å². The minimum atomic E-state index is -0.110. The molecule has 148 valence electrons. The van der Waals surface area contributed by atoms with Crippen LogP contribution in [0.15, 0.2) is 60.7 Å². The average Bonchev–Trinajstić information content (AvgIpc) is 2.74. The summed E-state index contributed by atoms with van der Waals surface area (Å²) in [5.74, 6) is -0.110. The van der Waals surface area contributed by atoms with Gasteiger partial charge in [0.05, 0.1) is 6.61 Å². The van der Waals surface area contributed by atoms with Crippen LogP contribution in [0.25, 0.3) is 5.57 Å². The van der Waals surface area contributed by atoms with Crippen molar-refractivity contribution in [2.75, 3.05) is 56.7 Å². The van der Waals surface area contributed by atoms with E-state index in [0.29, 0.717) is 0 Å². The van der Waals surface area contributed by atoms with Crippen molar-refractivity contribution in [3.63, 3.8) is 0 Å². The van der Waals surface area contributed by atoms with Gasteiger partial charge in [0.2, 0.25) is 5.91 Å². The fourth-order valence-corrected chi connectivity index (χ4v) is 3.37. The standard InChI is InChI=1S/C23H29N3O2/c1-19(20-6-4-3-5-7-20)18-23(27)24-21-8-10-22(11-9-21)26-14-12-25(13-15-26)16-17-28-2/h3-11,18H,12-17H2,1-2H3,(H,24,27)/b19-18+. The molecule has 1 aliphatic heterocycles. The van der Waals surface area contributed by atoms with Crippen molar-refractivity contribution in [3.05, 3.63) is 66.2 Å². The minimum Gasteiger partial charge on any atom is -0.383 e. The number of hydrogen-bond acceptors (Lipinski definition) is 4. The lowest BCUT2D eigenvalue weighted by atomic mass is 10.1. The van der Waals surface area contributed by atoms with E-state index in [2.05, 4.69) is 27.2 Å². The molecule has 0 atom stereocenters. The maximum absolute atomic E-state index is 12.3. The van der Waals surface area contributed by atoms with Crippen LogP contribution in [0.1, 0.15) is 12.5 Å². The highest BCUT2D eigenvalue weighted by atomic mass is 16.5. The Morgan fingerprint density at radius 2 is 1.71 bits per heavy atom. The Kier molecular flexibility index (Phi) is 7.23. The molecule has 0 spiro atoms. The normalized spacial score (nSPS) is 15.5. The van der Waals surface area contributed by atoms with Gasteiger partial charge in [-0.05, 0) is 42.3 Å². The van der Waals surface area contributed by atoms with Crippen LogP contribution in [0.3, 0.4) is 0 Å². The van der Waals surface area contributed by atoms with E-state index < -0.39 is 0 Å². The quantitative estimate of drug-likeness (QED) is 0.748. The van der Waals surface area contributed by atoms with Crippen molar-refractivity contribution >= 4 is 22.9 Å². The zero-order valence-electron chi connectivity index (χ0n) is 16.7. The molecular formula is C23H29N3O2. The first-order valence-corrected chi connectivity index (χ1v) is 9.77. The number of allylic oxidation sites excluding steroid dienone is 1. The summed E-state index contributed by atoms with van der Waals surface area (Å²) in [6.07, 6.45) is 1.64. The fraction of sp³-hybridized carbons (Fsp3) is 0.348. The Morgan fingerprint density at radius 1 is 1.04 bits per heavy atom. The van der Waals surface area contributed by atoms with E-state index in [1.807, 2.05) is 49.4 Å². The van der Waals surface area contributed by atoms with E-state index >= 15 is 0 Å². The first kappa shape index (κ1) is 20.1. The van der Waals surface area contributed by atoms with Crippen LogP contribution in [-0.2, 0) is 9.53 Å². The molecule has 1 N–H and O–H groups in total. The summed E-state index contributed by atoms with van der Waals surface area (Å²) in [4.78, 5) is 17.1. The first-order valence-electron chi connectivity index (χ1n) is 9.77. The predicted molar refractivity (Wildman–Crippen MR) is 116 cm³/mol. The number of nitrogens with zero attached hydrogens (tertiary/aromatic N) is 2. The molecule has 2 aromatic carbocycles.